The van der Waals surface area contributed by atoms with Gasteiger partial charge < -0.3 is 10.2 Å². The van der Waals surface area contributed by atoms with Gasteiger partial charge in [0.25, 0.3) is 0 Å². The Morgan fingerprint density at radius 2 is 1.95 bits per heavy atom. The van der Waals surface area contributed by atoms with Gasteiger partial charge in [0.15, 0.2) is 0 Å². The molecular formula is C17H34N2. The van der Waals surface area contributed by atoms with E-state index in [0.29, 0.717) is 0 Å². The van der Waals surface area contributed by atoms with Gasteiger partial charge in [-0.25, -0.2) is 0 Å². The lowest BCUT2D eigenvalue weighted by atomic mass is 9.92. The second-order valence-electron chi connectivity index (χ2n) is 7.16. The second-order valence-corrected chi connectivity index (χ2v) is 7.16. The lowest BCUT2D eigenvalue weighted by molar-refractivity contribution is 0.163. The first-order valence-electron chi connectivity index (χ1n) is 8.63. The molecule has 2 aliphatic rings. The van der Waals surface area contributed by atoms with E-state index in [9.17, 15) is 0 Å². The Morgan fingerprint density at radius 1 is 1.11 bits per heavy atom. The molecule has 1 saturated carbocycles. The van der Waals surface area contributed by atoms with Crippen molar-refractivity contribution in [2.75, 3.05) is 20.1 Å². The molecule has 2 heteroatoms. The van der Waals surface area contributed by atoms with Gasteiger partial charge in [0, 0.05) is 18.6 Å². The van der Waals surface area contributed by atoms with Crippen LogP contribution in [0.3, 0.4) is 0 Å². The minimum Gasteiger partial charge on any atom is -0.311 e. The van der Waals surface area contributed by atoms with Crippen LogP contribution in [0.1, 0.15) is 65.2 Å². The van der Waals surface area contributed by atoms with Crippen molar-refractivity contribution in [3.8, 4) is 0 Å². The van der Waals surface area contributed by atoms with Crippen LogP contribution in [0.2, 0.25) is 0 Å². The highest BCUT2D eigenvalue weighted by atomic mass is 15.1. The molecule has 4 unspecified atom stereocenters. The minimum absolute atomic E-state index is 0.768. The van der Waals surface area contributed by atoms with Gasteiger partial charge in [-0.3, -0.25) is 0 Å². The first kappa shape index (κ1) is 15.3. The normalized spacial score (nSPS) is 38.1. The lowest BCUT2D eigenvalue weighted by Gasteiger charge is -2.37. The van der Waals surface area contributed by atoms with Crippen LogP contribution in [0.15, 0.2) is 0 Å². The third-order valence-electron chi connectivity index (χ3n) is 5.34. The van der Waals surface area contributed by atoms with Gasteiger partial charge in [0.2, 0.25) is 0 Å². The SMILES string of the molecule is CCCC1CCCC(NC2CCN(C)CC2C)CC1. The Hall–Kier alpha value is -0.0800. The van der Waals surface area contributed by atoms with Crippen LogP contribution < -0.4 is 5.32 Å². The molecule has 0 aromatic heterocycles. The summed E-state index contributed by atoms with van der Waals surface area (Å²) < 4.78 is 0. The van der Waals surface area contributed by atoms with Gasteiger partial charge in [-0.1, -0.05) is 39.5 Å². The molecule has 0 radical (unpaired) electrons. The molecule has 4 atom stereocenters. The van der Waals surface area contributed by atoms with E-state index in [0.717, 1.165) is 23.9 Å². The summed E-state index contributed by atoms with van der Waals surface area (Å²) in [5.41, 5.74) is 0. The molecule has 1 N–H and O–H groups in total. The highest BCUT2D eigenvalue weighted by molar-refractivity contribution is 4.85. The first-order valence-corrected chi connectivity index (χ1v) is 8.63. The van der Waals surface area contributed by atoms with Gasteiger partial charge in [0.05, 0.1) is 0 Å². The van der Waals surface area contributed by atoms with Crippen molar-refractivity contribution >= 4 is 0 Å². The number of piperidine rings is 1. The maximum atomic E-state index is 4.00. The van der Waals surface area contributed by atoms with Crippen molar-refractivity contribution in [3.63, 3.8) is 0 Å². The third-order valence-corrected chi connectivity index (χ3v) is 5.34. The molecule has 1 heterocycles. The van der Waals surface area contributed by atoms with Crippen LogP contribution in [0.5, 0.6) is 0 Å². The Bertz CT molecular complexity index is 254. The zero-order valence-corrected chi connectivity index (χ0v) is 13.3. The van der Waals surface area contributed by atoms with E-state index >= 15 is 0 Å². The molecule has 2 fully saturated rings. The Kier molecular flexibility index (Phi) is 6.15. The molecule has 19 heavy (non-hydrogen) atoms. The second kappa shape index (κ2) is 7.64. The summed E-state index contributed by atoms with van der Waals surface area (Å²) in [5.74, 6) is 1.83. The summed E-state index contributed by atoms with van der Waals surface area (Å²) in [7, 11) is 2.26. The molecule has 1 saturated heterocycles. The first-order chi connectivity index (χ1) is 9.19. The lowest BCUT2D eigenvalue weighted by Crippen LogP contribution is -2.50. The number of nitrogens with one attached hydrogen (secondary N) is 1. The summed E-state index contributed by atoms with van der Waals surface area (Å²) in [6.45, 7) is 7.29. The van der Waals surface area contributed by atoms with Crippen LogP contribution in [-0.4, -0.2) is 37.1 Å². The Balaban J connectivity index is 1.76. The van der Waals surface area contributed by atoms with E-state index in [1.807, 2.05) is 0 Å². The molecule has 0 amide bonds. The monoisotopic (exact) mass is 266 g/mol. The summed E-state index contributed by atoms with van der Waals surface area (Å²) in [6, 6.07) is 1.57. The molecule has 1 aliphatic heterocycles. The van der Waals surface area contributed by atoms with Gasteiger partial charge >= 0.3 is 0 Å². The maximum Gasteiger partial charge on any atom is 0.0120 e. The molecule has 0 aromatic rings. The quantitative estimate of drug-likeness (QED) is 0.781. The highest BCUT2D eigenvalue weighted by Crippen LogP contribution is 2.28. The number of nitrogens with zero attached hydrogens (tertiary/aromatic N) is 1. The number of hydrogen-bond donors (Lipinski definition) is 1. The smallest absolute Gasteiger partial charge is 0.0120 e. The van der Waals surface area contributed by atoms with Crippen LogP contribution >= 0.6 is 0 Å². The molecule has 1 aliphatic carbocycles. The predicted molar refractivity (Wildman–Crippen MR) is 83.5 cm³/mol. The minimum atomic E-state index is 0.768. The standard InChI is InChI=1S/C17H34N2/c1-4-6-15-7-5-8-16(10-9-15)18-17-11-12-19(3)13-14(17)2/h14-18H,4-13H2,1-3H3. The Labute approximate surface area is 120 Å². The van der Waals surface area contributed by atoms with E-state index in [2.05, 4.69) is 31.1 Å². The maximum absolute atomic E-state index is 4.00. The van der Waals surface area contributed by atoms with E-state index in [1.165, 1.54) is 64.5 Å². The van der Waals surface area contributed by atoms with E-state index in [1.54, 1.807) is 0 Å². The molecule has 0 aromatic carbocycles. The van der Waals surface area contributed by atoms with Crippen molar-refractivity contribution in [2.45, 2.75) is 77.3 Å². The topological polar surface area (TPSA) is 15.3 Å². The predicted octanol–water partition coefficient (Wildman–Crippen LogP) is 3.67. The molecule has 0 bridgehead atoms. The fourth-order valence-electron chi connectivity index (χ4n) is 4.15. The van der Waals surface area contributed by atoms with Crippen molar-refractivity contribution < 1.29 is 0 Å². The van der Waals surface area contributed by atoms with E-state index in [-0.39, 0.29) is 0 Å². The average molecular weight is 266 g/mol. The molecule has 2 nitrogen and oxygen atoms in total. The zero-order chi connectivity index (χ0) is 13.7. The molecule has 112 valence electrons. The van der Waals surface area contributed by atoms with Crippen LogP contribution in [0, 0.1) is 11.8 Å². The zero-order valence-electron chi connectivity index (χ0n) is 13.3. The van der Waals surface area contributed by atoms with Gasteiger partial charge in [0.1, 0.15) is 0 Å². The van der Waals surface area contributed by atoms with Crippen molar-refractivity contribution in [2.24, 2.45) is 11.8 Å². The fraction of sp³-hybridized carbons (Fsp3) is 1.00. The van der Waals surface area contributed by atoms with E-state index in [4.69, 9.17) is 0 Å². The largest absolute Gasteiger partial charge is 0.311 e. The van der Waals surface area contributed by atoms with E-state index < -0.39 is 0 Å². The van der Waals surface area contributed by atoms with Gasteiger partial charge in [-0.2, -0.15) is 0 Å². The van der Waals surface area contributed by atoms with Crippen molar-refractivity contribution in [3.05, 3.63) is 0 Å². The summed E-state index contributed by atoms with van der Waals surface area (Å²) >= 11 is 0. The fourth-order valence-corrected chi connectivity index (χ4v) is 4.15. The summed E-state index contributed by atoms with van der Waals surface area (Å²) in [6.07, 6.45) is 11.4. The van der Waals surface area contributed by atoms with Crippen molar-refractivity contribution in [1.82, 2.24) is 10.2 Å². The highest BCUT2D eigenvalue weighted by Gasteiger charge is 2.27. The summed E-state index contributed by atoms with van der Waals surface area (Å²) in [4.78, 5) is 2.48. The van der Waals surface area contributed by atoms with Gasteiger partial charge in [-0.15, -0.1) is 0 Å². The Morgan fingerprint density at radius 3 is 2.68 bits per heavy atom. The third kappa shape index (κ3) is 4.75. The van der Waals surface area contributed by atoms with Crippen LogP contribution in [0.4, 0.5) is 0 Å². The molecule has 2 rings (SSSR count). The van der Waals surface area contributed by atoms with Crippen LogP contribution in [0.25, 0.3) is 0 Å². The number of likely N-dealkylation sites (tertiary alicyclic amines) is 1. The molecular weight excluding hydrogens is 232 g/mol. The van der Waals surface area contributed by atoms with Crippen LogP contribution in [-0.2, 0) is 0 Å². The number of hydrogen-bond acceptors (Lipinski definition) is 2. The summed E-state index contributed by atoms with van der Waals surface area (Å²) in [5, 5.41) is 4.00. The molecule has 0 spiro atoms. The van der Waals surface area contributed by atoms with Gasteiger partial charge in [-0.05, 0) is 51.1 Å². The average Bonchev–Trinajstić information content (AvgIpc) is 2.59. The van der Waals surface area contributed by atoms with Crippen molar-refractivity contribution in [1.29, 1.82) is 0 Å². The number of rotatable bonds is 4.